The maximum atomic E-state index is 4.69. The van der Waals surface area contributed by atoms with Crippen LogP contribution in [0.15, 0.2) is 24.3 Å². The van der Waals surface area contributed by atoms with Crippen LogP contribution in [-0.2, 0) is 4.89 Å². The summed E-state index contributed by atoms with van der Waals surface area (Å²) in [5, 5.41) is 0. The molecule has 0 aliphatic rings. The zero-order chi connectivity index (χ0) is 6.53. The number of rotatable bonds is 2. The molecule has 0 aliphatic carbocycles. The van der Waals surface area contributed by atoms with Crippen molar-refractivity contribution in [2.45, 2.75) is 0 Å². The van der Waals surface area contributed by atoms with Crippen LogP contribution in [0.5, 0.6) is 5.75 Å². The molecule has 0 spiro atoms. The first-order valence-corrected chi connectivity index (χ1v) is 2.60. The van der Waals surface area contributed by atoms with Crippen LogP contribution in [-0.4, -0.2) is 7.11 Å². The molecule has 1 aromatic carbocycles. The largest absolute Gasteiger partial charge is 0.338 e. The molecule has 47 valence electrons. The van der Waals surface area contributed by atoms with Gasteiger partial charge >= 0.3 is 0 Å². The van der Waals surface area contributed by atoms with Crippen molar-refractivity contribution in [3.8, 4) is 5.75 Å². The molecule has 1 aromatic rings. The van der Waals surface area contributed by atoms with Crippen LogP contribution in [0.25, 0.3) is 0 Å². The summed E-state index contributed by atoms with van der Waals surface area (Å²) in [6.45, 7) is 0. The molecule has 0 amide bonds. The second-order valence-corrected chi connectivity index (χ2v) is 1.49. The lowest BCUT2D eigenvalue weighted by Gasteiger charge is -1.96. The molecule has 2 nitrogen and oxygen atoms in total. The normalized spacial score (nSPS) is 9.00. The molecule has 2 heteroatoms. The summed E-state index contributed by atoms with van der Waals surface area (Å²) in [6, 6.07) is 9.91. The van der Waals surface area contributed by atoms with E-state index in [0.29, 0.717) is 5.75 Å². The zero-order valence-electron chi connectivity index (χ0n) is 5.13. The lowest BCUT2D eigenvalue weighted by Crippen LogP contribution is -1.88. The van der Waals surface area contributed by atoms with Crippen molar-refractivity contribution in [2.24, 2.45) is 0 Å². The van der Waals surface area contributed by atoms with Crippen molar-refractivity contribution in [3.63, 3.8) is 0 Å². The van der Waals surface area contributed by atoms with Gasteiger partial charge < -0.3 is 4.89 Å². The average Bonchev–Trinajstić information content (AvgIpc) is 1.91. The predicted molar refractivity (Wildman–Crippen MR) is 32.9 cm³/mol. The van der Waals surface area contributed by atoms with Gasteiger partial charge in [0, 0.05) is 0 Å². The van der Waals surface area contributed by atoms with E-state index in [-0.39, 0.29) is 0 Å². The maximum absolute atomic E-state index is 4.69. The fraction of sp³-hybridized carbons (Fsp3) is 0.143. The summed E-state index contributed by atoms with van der Waals surface area (Å²) in [6.07, 6.45) is 0. The third-order valence-electron chi connectivity index (χ3n) is 0.867. The van der Waals surface area contributed by atoms with Crippen LogP contribution in [0.1, 0.15) is 0 Å². The Labute approximate surface area is 54.0 Å². The summed E-state index contributed by atoms with van der Waals surface area (Å²) in [7, 11) is 1.47. The first-order valence-electron chi connectivity index (χ1n) is 2.60. The number of hydrogen-bond donors (Lipinski definition) is 0. The molecule has 0 N–H and O–H groups in total. The Morgan fingerprint density at radius 2 is 2.00 bits per heavy atom. The summed E-state index contributed by atoms with van der Waals surface area (Å²) in [5.74, 6) is 0.691. The van der Waals surface area contributed by atoms with E-state index in [4.69, 9.17) is 0 Å². The molecular formula is C7H7O2. The van der Waals surface area contributed by atoms with E-state index in [2.05, 4.69) is 15.8 Å². The molecule has 0 unspecified atom stereocenters. The second kappa shape index (κ2) is 3.10. The topological polar surface area (TPSA) is 18.5 Å². The van der Waals surface area contributed by atoms with Crippen LogP contribution in [0.2, 0.25) is 0 Å². The molecule has 0 atom stereocenters. The first kappa shape index (κ1) is 6.11. The summed E-state index contributed by atoms with van der Waals surface area (Å²) < 4.78 is 0. The van der Waals surface area contributed by atoms with E-state index in [1.807, 2.05) is 0 Å². The second-order valence-electron chi connectivity index (χ2n) is 1.49. The van der Waals surface area contributed by atoms with E-state index in [9.17, 15) is 0 Å². The Morgan fingerprint density at radius 1 is 1.33 bits per heavy atom. The van der Waals surface area contributed by atoms with Crippen LogP contribution < -0.4 is 4.89 Å². The first-order chi connectivity index (χ1) is 4.43. The van der Waals surface area contributed by atoms with Gasteiger partial charge in [0.1, 0.15) is 0 Å². The highest BCUT2D eigenvalue weighted by Gasteiger charge is 1.85. The Morgan fingerprint density at radius 3 is 2.56 bits per heavy atom. The van der Waals surface area contributed by atoms with Gasteiger partial charge in [-0.25, -0.2) is 0 Å². The standard InChI is InChI=1S/C7H7O2/c1-8-9-7-5-3-2-4-6-7/h3-6H,1H3. The molecule has 1 rings (SSSR count). The van der Waals surface area contributed by atoms with Gasteiger partial charge in [-0.15, -0.1) is 0 Å². The molecule has 0 aliphatic heterocycles. The van der Waals surface area contributed by atoms with Crippen LogP contribution in [0, 0.1) is 6.07 Å². The van der Waals surface area contributed by atoms with Gasteiger partial charge in [-0.2, -0.15) is 4.89 Å². The Hall–Kier alpha value is -1.02. The summed E-state index contributed by atoms with van der Waals surface area (Å²) >= 11 is 0. The van der Waals surface area contributed by atoms with Crippen LogP contribution in [0.4, 0.5) is 0 Å². The lowest BCUT2D eigenvalue weighted by molar-refractivity contribution is -0.178. The molecule has 0 fully saturated rings. The van der Waals surface area contributed by atoms with E-state index >= 15 is 0 Å². The summed E-state index contributed by atoms with van der Waals surface area (Å²) in [4.78, 5) is 9.10. The van der Waals surface area contributed by atoms with E-state index in [0.717, 1.165) is 0 Å². The van der Waals surface area contributed by atoms with Crippen molar-refractivity contribution >= 4 is 0 Å². The van der Waals surface area contributed by atoms with Gasteiger partial charge in [0.25, 0.3) is 0 Å². The minimum atomic E-state index is 0.691. The van der Waals surface area contributed by atoms with Gasteiger partial charge in [-0.05, 0) is 18.2 Å². The highest BCUT2D eigenvalue weighted by Crippen LogP contribution is 2.06. The van der Waals surface area contributed by atoms with E-state index in [1.165, 1.54) is 7.11 Å². The monoisotopic (exact) mass is 123 g/mol. The Kier molecular flexibility index (Phi) is 2.10. The number of benzene rings is 1. The van der Waals surface area contributed by atoms with Crippen molar-refractivity contribution < 1.29 is 9.78 Å². The van der Waals surface area contributed by atoms with Gasteiger partial charge in [0.2, 0.25) is 0 Å². The molecule has 9 heavy (non-hydrogen) atoms. The van der Waals surface area contributed by atoms with Gasteiger partial charge in [-0.3, -0.25) is 0 Å². The van der Waals surface area contributed by atoms with Crippen molar-refractivity contribution in [2.75, 3.05) is 7.11 Å². The van der Waals surface area contributed by atoms with Crippen molar-refractivity contribution in [1.82, 2.24) is 0 Å². The highest BCUT2D eigenvalue weighted by molar-refractivity contribution is 5.19. The third-order valence-corrected chi connectivity index (χ3v) is 0.867. The van der Waals surface area contributed by atoms with Gasteiger partial charge in [-0.1, -0.05) is 12.1 Å². The Bertz CT molecular complexity index is 160. The molecule has 0 aromatic heterocycles. The smallest absolute Gasteiger partial charge is 0.165 e. The molecule has 0 saturated carbocycles. The third kappa shape index (κ3) is 1.74. The molecule has 0 saturated heterocycles. The number of hydrogen-bond acceptors (Lipinski definition) is 2. The Balaban J connectivity index is 2.61. The van der Waals surface area contributed by atoms with Crippen molar-refractivity contribution in [1.29, 1.82) is 0 Å². The minimum Gasteiger partial charge on any atom is -0.338 e. The summed E-state index contributed by atoms with van der Waals surface area (Å²) in [5.41, 5.74) is 0. The molecule has 0 bridgehead atoms. The maximum Gasteiger partial charge on any atom is 0.165 e. The highest BCUT2D eigenvalue weighted by atomic mass is 17.2. The molecule has 1 radical (unpaired) electrons. The quantitative estimate of drug-likeness (QED) is 0.437. The fourth-order valence-corrected chi connectivity index (χ4v) is 0.523. The molecule has 0 heterocycles. The van der Waals surface area contributed by atoms with Crippen molar-refractivity contribution in [3.05, 3.63) is 30.3 Å². The molecular weight excluding hydrogens is 116 g/mol. The zero-order valence-corrected chi connectivity index (χ0v) is 5.13. The van der Waals surface area contributed by atoms with Gasteiger partial charge in [0.05, 0.1) is 7.11 Å². The lowest BCUT2D eigenvalue weighted by atomic mass is 10.3. The van der Waals surface area contributed by atoms with Crippen LogP contribution in [0.3, 0.4) is 0 Å². The van der Waals surface area contributed by atoms with E-state index in [1.54, 1.807) is 24.3 Å². The van der Waals surface area contributed by atoms with E-state index < -0.39 is 0 Å². The van der Waals surface area contributed by atoms with Gasteiger partial charge in [0.15, 0.2) is 5.75 Å². The predicted octanol–water partition coefficient (Wildman–Crippen LogP) is 1.43. The van der Waals surface area contributed by atoms with Crippen LogP contribution >= 0.6 is 0 Å². The minimum absolute atomic E-state index is 0.691. The average molecular weight is 123 g/mol. The fourth-order valence-electron chi connectivity index (χ4n) is 0.523. The SMILES string of the molecule is COOc1cc[c]cc1.